The molecular weight excluding hydrogens is 244 g/mol. The first kappa shape index (κ1) is 13.5. The van der Waals surface area contributed by atoms with Gasteiger partial charge in [-0.3, -0.25) is 14.9 Å². The molecule has 1 heterocycles. The first-order valence-electron chi connectivity index (χ1n) is 6.53. The standard InChI is InChI=1S/C14H18N2O3/c1-10-5-7-15(8-6-10)12-3-4-13(11(2)17)14(9-12)16(18)19/h3-4,9-10H,5-8H2,1-2H3. The molecule has 1 aliphatic rings. The van der Waals surface area contributed by atoms with Crippen molar-refractivity contribution in [2.75, 3.05) is 18.0 Å². The Balaban J connectivity index is 2.30. The maximum atomic E-state index is 11.4. The van der Waals surface area contributed by atoms with Gasteiger partial charge in [-0.1, -0.05) is 6.92 Å². The smallest absolute Gasteiger partial charge is 0.282 e. The van der Waals surface area contributed by atoms with Crippen LogP contribution in [0.5, 0.6) is 0 Å². The lowest BCUT2D eigenvalue weighted by molar-refractivity contribution is -0.385. The van der Waals surface area contributed by atoms with Crippen LogP contribution in [-0.4, -0.2) is 23.8 Å². The van der Waals surface area contributed by atoms with Crippen molar-refractivity contribution >= 4 is 17.2 Å². The molecular formula is C14H18N2O3. The molecule has 2 rings (SSSR count). The first-order chi connectivity index (χ1) is 8.99. The molecule has 19 heavy (non-hydrogen) atoms. The van der Waals surface area contributed by atoms with Gasteiger partial charge in [0.15, 0.2) is 5.78 Å². The fourth-order valence-electron chi connectivity index (χ4n) is 2.43. The molecule has 1 fully saturated rings. The minimum absolute atomic E-state index is 0.0939. The number of nitro benzene ring substituents is 1. The van der Waals surface area contributed by atoms with Crippen LogP contribution in [0.3, 0.4) is 0 Å². The van der Waals surface area contributed by atoms with E-state index in [0.29, 0.717) is 5.92 Å². The predicted octanol–water partition coefficient (Wildman–Crippen LogP) is 3.03. The number of carbonyl (C=O) groups is 1. The summed E-state index contributed by atoms with van der Waals surface area (Å²) < 4.78 is 0. The van der Waals surface area contributed by atoms with E-state index in [1.807, 2.05) is 0 Å². The van der Waals surface area contributed by atoms with Crippen molar-refractivity contribution in [1.82, 2.24) is 0 Å². The molecule has 0 unspecified atom stereocenters. The molecule has 1 aromatic carbocycles. The molecule has 0 N–H and O–H groups in total. The van der Waals surface area contributed by atoms with Crippen LogP contribution in [-0.2, 0) is 0 Å². The van der Waals surface area contributed by atoms with Gasteiger partial charge in [-0.2, -0.15) is 0 Å². The first-order valence-corrected chi connectivity index (χ1v) is 6.53. The van der Waals surface area contributed by atoms with E-state index in [2.05, 4.69) is 11.8 Å². The fraction of sp³-hybridized carbons (Fsp3) is 0.500. The molecule has 0 amide bonds. The average Bonchev–Trinajstić information content (AvgIpc) is 2.38. The normalized spacial score (nSPS) is 16.4. The Morgan fingerprint density at radius 3 is 2.53 bits per heavy atom. The quantitative estimate of drug-likeness (QED) is 0.477. The van der Waals surface area contributed by atoms with E-state index in [1.165, 1.54) is 13.0 Å². The van der Waals surface area contributed by atoms with Crippen LogP contribution in [0.15, 0.2) is 18.2 Å². The lowest BCUT2D eigenvalue weighted by Crippen LogP contribution is -2.32. The van der Waals surface area contributed by atoms with Crippen LogP contribution in [0.2, 0.25) is 0 Å². The SMILES string of the molecule is CC(=O)c1ccc(N2CCC(C)CC2)cc1[N+](=O)[O-]. The lowest BCUT2D eigenvalue weighted by Gasteiger charge is -2.32. The van der Waals surface area contributed by atoms with Gasteiger partial charge in [-0.25, -0.2) is 0 Å². The second-order valence-electron chi connectivity index (χ2n) is 5.18. The predicted molar refractivity (Wildman–Crippen MR) is 73.7 cm³/mol. The summed E-state index contributed by atoms with van der Waals surface area (Å²) in [4.78, 5) is 24.1. The van der Waals surface area contributed by atoms with Crippen molar-refractivity contribution in [2.45, 2.75) is 26.7 Å². The largest absolute Gasteiger partial charge is 0.371 e. The molecule has 1 aliphatic heterocycles. The highest BCUT2D eigenvalue weighted by atomic mass is 16.6. The number of ketones is 1. The summed E-state index contributed by atoms with van der Waals surface area (Å²) in [6, 6.07) is 4.89. The molecule has 0 atom stereocenters. The molecule has 0 aromatic heterocycles. The fourth-order valence-corrected chi connectivity index (χ4v) is 2.43. The summed E-state index contributed by atoms with van der Waals surface area (Å²) in [7, 11) is 0. The Hall–Kier alpha value is -1.91. The minimum Gasteiger partial charge on any atom is -0.371 e. The third kappa shape index (κ3) is 2.92. The van der Waals surface area contributed by atoms with Crippen LogP contribution in [0.4, 0.5) is 11.4 Å². The summed E-state index contributed by atoms with van der Waals surface area (Å²) in [6.45, 7) is 5.40. The summed E-state index contributed by atoms with van der Waals surface area (Å²) in [5.41, 5.74) is 0.923. The average molecular weight is 262 g/mol. The van der Waals surface area contributed by atoms with Gasteiger partial charge in [0.2, 0.25) is 0 Å². The highest BCUT2D eigenvalue weighted by molar-refractivity contribution is 5.98. The Morgan fingerprint density at radius 1 is 1.37 bits per heavy atom. The Kier molecular flexibility index (Phi) is 3.83. The molecule has 5 heteroatoms. The number of anilines is 1. The zero-order valence-corrected chi connectivity index (χ0v) is 11.3. The highest BCUT2D eigenvalue weighted by Gasteiger charge is 2.21. The summed E-state index contributed by atoms with van der Waals surface area (Å²) >= 11 is 0. The third-order valence-electron chi connectivity index (χ3n) is 3.71. The lowest BCUT2D eigenvalue weighted by atomic mass is 9.98. The van der Waals surface area contributed by atoms with Crippen LogP contribution < -0.4 is 4.90 Å². The van der Waals surface area contributed by atoms with Crippen molar-refractivity contribution < 1.29 is 9.72 Å². The van der Waals surface area contributed by atoms with E-state index >= 15 is 0 Å². The number of piperidine rings is 1. The number of rotatable bonds is 3. The summed E-state index contributed by atoms with van der Waals surface area (Å²) in [5.74, 6) is 0.438. The number of Topliss-reactive ketones (excluding diaryl/α,β-unsaturated/α-hetero) is 1. The highest BCUT2D eigenvalue weighted by Crippen LogP contribution is 2.29. The minimum atomic E-state index is -0.479. The monoisotopic (exact) mass is 262 g/mol. The van der Waals surface area contributed by atoms with Gasteiger partial charge in [0, 0.05) is 24.8 Å². The Bertz CT molecular complexity index is 505. The Morgan fingerprint density at radius 2 is 2.00 bits per heavy atom. The van der Waals surface area contributed by atoms with E-state index < -0.39 is 4.92 Å². The van der Waals surface area contributed by atoms with E-state index in [1.54, 1.807) is 12.1 Å². The number of hydrogen-bond donors (Lipinski definition) is 0. The van der Waals surface area contributed by atoms with Crippen molar-refractivity contribution in [1.29, 1.82) is 0 Å². The van der Waals surface area contributed by atoms with Gasteiger partial charge >= 0.3 is 0 Å². The van der Waals surface area contributed by atoms with E-state index in [-0.39, 0.29) is 17.0 Å². The van der Waals surface area contributed by atoms with Crippen molar-refractivity contribution in [2.24, 2.45) is 5.92 Å². The van der Waals surface area contributed by atoms with Gasteiger partial charge in [0.05, 0.1) is 10.5 Å². The maximum Gasteiger partial charge on any atom is 0.282 e. The van der Waals surface area contributed by atoms with Gasteiger partial charge in [-0.15, -0.1) is 0 Å². The van der Waals surface area contributed by atoms with Crippen LogP contribution in [0.25, 0.3) is 0 Å². The molecule has 0 saturated carbocycles. The van der Waals surface area contributed by atoms with Crippen LogP contribution >= 0.6 is 0 Å². The second kappa shape index (κ2) is 5.38. The molecule has 102 valence electrons. The number of carbonyl (C=O) groups excluding carboxylic acids is 1. The molecule has 1 aromatic rings. The zero-order chi connectivity index (χ0) is 14.0. The molecule has 0 radical (unpaired) electrons. The van der Waals surface area contributed by atoms with Crippen molar-refractivity contribution in [3.05, 3.63) is 33.9 Å². The maximum absolute atomic E-state index is 11.4. The van der Waals surface area contributed by atoms with E-state index in [9.17, 15) is 14.9 Å². The van der Waals surface area contributed by atoms with E-state index in [4.69, 9.17) is 0 Å². The molecule has 0 spiro atoms. The number of nitrogens with zero attached hydrogens (tertiary/aromatic N) is 2. The second-order valence-corrected chi connectivity index (χ2v) is 5.18. The van der Waals surface area contributed by atoms with Crippen molar-refractivity contribution in [3.8, 4) is 0 Å². The zero-order valence-electron chi connectivity index (χ0n) is 11.3. The van der Waals surface area contributed by atoms with Crippen LogP contribution in [0.1, 0.15) is 37.0 Å². The Labute approximate surface area is 112 Å². The van der Waals surface area contributed by atoms with Gasteiger partial charge in [0.1, 0.15) is 0 Å². The van der Waals surface area contributed by atoms with Crippen LogP contribution in [0, 0.1) is 16.0 Å². The number of hydrogen-bond acceptors (Lipinski definition) is 4. The van der Waals surface area contributed by atoms with Gasteiger partial charge < -0.3 is 4.90 Å². The molecule has 0 aliphatic carbocycles. The summed E-state index contributed by atoms with van der Waals surface area (Å²) in [6.07, 6.45) is 2.20. The van der Waals surface area contributed by atoms with Crippen molar-refractivity contribution in [3.63, 3.8) is 0 Å². The van der Waals surface area contributed by atoms with Gasteiger partial charge in [-0.05, 0) is 37.8 Å². The van der Waals surface area contributed by atoms with Gasteiger partial charge in [0.25, 0.3) is 5.69 Å². The summed E-state index contributed by atoms with van der Waals surface area (Å²) in [5, 5.41) is 11.0. The third-order valence-corrected chi connectivity index (χ3v) is 3.71. The molecule has 1 saturated heterocycles. The molecule has 5 nitrogen and oxygen atoms in total. The number of benzene rings is 1. The topological polar surface area (TPSA) is 63.5 Å². The number of nitro groups is 1. The molecule has 0 bridgehead atoms. The van der Waals surface area contributed by atoms with E-state index in [0.717, 1.165) is 31.6 Å².